The highest BCUT2D eigenvalue weighted by atomic mass is 16.1. The molecule has 1 saturated carbocycles. The second kappa shape index (κ2) is 10.6. The van der Waals surface area contributed by atoms with E-state index < -0.39 is 0 Å². The fourth-order valence-corrected chi connectivity index (χ4v) is 5.33. The molecule has 2 aliphatic rings. The minimum absolute atomic E-state index is 0.113. The van der Waals surface area contributed by atoms with E-state index in [0.717, 1.165) is 61.7 Å². The molecule has 1 saturated heterocycles. The van der Waals surface area contributed by atoms with Crippen molar-refractivity contribution in [1.29, 1.82) is 0 Å². The average molecular weight is 435 g/mol. The zero-order chi connectivity index (χ0) is 22.5. The molecular weight excluding hydrogens is 396 g/mol. The van der Waals surface area contributed by atoms with Gasteiger partial charge in [0.05, 0.1) is 6.42 Å². The van der Waals surface area contributed by atoms with Crippen LogP contribution in [0.5, 0.6) is 0 Å². The third-order valence-corrected chi connectivity index (χ3v) is 7.27. The highest BCUT2D eigenvalue weighted by Gasteiger charge is 2.25. The van der Waals surface area contributed by atoms with Crippen LogP contribution in [0.25, 0.3) is 0 Å². The maximum absolute atomic E-state index is 12.6. The Labute approximate surface area is 193 Å². The van der Waals surface area contributed by atoms with Gasteiger partial charge in [0.25, 0.3) is 0 Å². The maximum atomic E-state index is 12.6. The zero-order valence-corrected chi connectivity index (χ0v) is 20.0. The van der Waals surface area contributed by atoms with Gasteiger partial charge in [0, 0.05) is 42.0 Å². The first kappa shape index (κ1) is 22.9. The summed E-state index contributed by atoms with van der Waals surface area (Å²) in [5.41, 5.74) is 5.67. The van der Waals surface area contributed by atoms with Crippen LogP contribution in [0.15, 0.2) is 24.3 Å². The van der Waals surface area contributed by atoms with Crippen LogP contribution in [0, 0.1) is 20.8 Å². The first-order chi connectivity index (χ1) is 15.5. The Hall–Kier alpha value is -2.27. The van der Waals surface area contributed by atoms with Gasteiger partial charge in [-0.3, -0.25) is 9.69 Å². The third-order valence-electron chi connectivity index (χ3n) is 7.27. The molecule has 2 heterocycles. The van der Waals surface area contributed by atoms with Gasteiger partial charge in [-0.05, 0) is 64.1 Å². The lowest BCUT2D eigenvalue weighted by Gasteiger charge is -2.32. The molecule has 1 aliphatic carbocycles. The van der Waals surface area contributed by atoms with Crippen LogP contribution >= 0.6 is 0 Å². The monoisotopic (exact) mass is 434 g/mol. The van der Waals surface area contributed by atoms with Gasteiger partial charge in [-0.2, -0.15) is 0 Å². The van der Waals surface area contributed by atoms with Crippen molar-refractivity contribution in [3.05, 3.63) is 58.2 Å². The highest BCUT2D eigenvalue weighted by molar-refractivity contribution is 5.79. The van der Waals surface area contributed by atoms with E-state index in [1.54, 1.807) is 0 Å². The minimum Gasteiger partial charge on any atom is -0.353 e. The lowest BCUT2D eigenvalue weighted by Crippen LogP contribution is -2.37. The first-order valence-electron chi connectivity index (χ1n) is 12.4. The molecule has 0 bridgehead atoms. The number of benzene rings is 1. The Morgan fingerprint density at radius 2 is 1.72 bits per heavy atom. The van der Waals surface area contributed by atoms with Gasteiger partial charge in [0.2, 0.25) is 5.91 Å². The first-order valence-corrected chi connectivity index (χ1v) is 12.4. The summed E-state index contributed by atoms with van der Waals surface area (Å²) in [6.07, 6.45) is 8.65. The molecule has 5 nitrogen and oxygen atoms in total. The maximum Gasteiger partial charge on any atom is 0.224 e. The molecular formula is C27H38N4O. The fraction of sp³-hybridized carbons (Fsp3) is 0.593. The van der Waals surface area contributed by atoms with E-state index in [0.29, 0.717) is 18.4 Å². The number of hydrogen-bond donors (Lipinski definition) is 1. The van der Waals surface area contributed by atoms with Crippen molar-refractivity contribution < 1.29 is 4.79 Å². The molecule has 1 aromatic heterocycles. The molecule has 4 rings (SSSR count). The van der Waals surface area contributed by atoms with Gasteiger partial charge >= 0.3 is 0 Å². The molecule has 0 radical (unpaired) electrons. The van der Waals surface area contributed by atoms with E-state index in [4.69, 9.17) is 9.97 Å². The Morgan fingerprint density at radius 1 is 1.00 bits per heavy atom. The predicted octanol–water partition coefficient (Wildman–Crippen LogP) is 4.77. The summed E-state index contributed by atoms with van der Waals surface area (Å²) in [6, 6.07) is 9.00. The number of aromatic nitrogens is 2. The van der Waals surface area contributed by atoms with Crippen LogP contribution < -0.4 is 5.32 Å². The van der Waals surface area contributed by atoms with E-state index in [2.05, 4.69) is 41.4 Å². The van der Waals surface area contributed by atoms with Crippen LogP contribution in [-0.4, -0.2) is 39.9 Å². The molecule has 5 heteroatoms. The molecule has 2 fully saturated rings. The van der Waals surface area contributed by atoms with Gasteiger partial charge < -0.3 is 5.32 Å². The smallest absolute Gasteiger partial charge is 0.224 e. The van der Waals surface area contributed by atoms with Gasteiger partial charge in [-0.1, -0.05) is 43.5 Å². The summed E-state index contributed by atoms with van der Waals surface area (Å²) in [5, 5.41) is 3.23. The average Bonchev–Trinajstić information content (AvgIpc) is 2.78. The highest BCUT2D eigenvalue weighted by Crippen LogP contribution is 2.27. The quantitative estimate of drug-likeness (QED) is 0.711. The summed E-state index contributed by atoms with van der Waals surface area (Å²) in [4.78, 5) is 25.0. The van der Waals surface area contributed by atoms with Crippen molar-refractivity contribution in [2.24, 2.45) is 0 Å². The largest absolute Gasteiger partial charge is 0.353 e. The molecule has 1 aliphatic heterocycles. The fourth-order valence-electron chi connectivity index (χ4n) is 5.33. The van der Waals surface area contributed by atoms with Crippen molar-refractivity contribution >= 4 is 5.91 Å². The summed E-state index contributed by atoms with van der Waals surface area (Å²) >= 11 is 0. The minimum atomic E-state index is 0.113. The summed E-state index contributed by atoms with van der Waals surface area (Å²) in [5.74, 6) is 1.42. The van der Waals surface area contributed by atoms with Crippen LogP contribution in [0.2, 0.25) is 0 Å². The second-order valence-corrected chi connectivity index (χ2v) is 9.81. The van der Waals surface area contributed by atoms with Crippen molar-refractivity contribution in [2.45, 2.75) is 90.6 Å². The Kier molecular flexibility index (Phi) is 7.56. The topological polar surface area (TPSA) is 58.1 Å². The number of nitrogens with zero attached hydrogens (tertiary/aromatic N) is 3. The number of carbonyl (C=O) groups excluding carboxylic acids is 1. The normalized spacial score (nSPS) is 20.3. The summed E-state index contributed by atoms with van der Waals surface area (Å²) < 4.78 is 0. The standard InChI is InChI=1S/C27H38N4O/c1-19-10-7-8-11-22(19)17-31-15-9-12-23(18-31)27-28-20(2)25(21(3)29-27)16-26(32)30-24-13-5-4-6-14-24/h7-8,10-11,23-24H,4-6,9,12-18H2,1-3H3,(H,30,32). The van der Waals surface area contributed by atoms with Crippen LogP contribution in [0.3, 0.4) is 0 Å². The number of piperidine rings is 1. The Morgan fingerprint density at radius 3 is 2.44 bits per heavy atom. The van der Waals surface area contributed by atoms with Crippen LogP contribution in [0.4, 0.5) is 0 Å². The molecule has 32 heavy (non-hydrogen) atoms. The van der Waals surface area contributed by atoms with Crippen LogP contribution in [-0.2, 0) is 17.8 Å². The predicted molar refractivity (Wildman–Crippen MR) is 129 cm³/mol. The number of amides is 1. The molecule has 1 unspecified atom stereocenters. The molecule has 1 aromatic carbocycles. The van der Waals surface area contributed by atoms with E-state index in [9.17, 15) is 4.79 Å². The Balaban J connectivity index is 1.40. The molecule has 1 amide bonds. The second-order valence-electron chi connectivity index (χ2n) is 9.81. The van der Waals surface area contributed by atoms with E-state index in [1.807, 2.05) is 13.8 Å². The van der Waals surface area contributed by atoms with Gasteiger partial charge in [-0.15, -0.1) is 0 Å². The lowest BCUT2D eigenvalue weighted by atomic mass is 9.95. The number of carbonyl (C=O) groups is 1. The number of nitrogens with one attached hydrogen (secondary N) is 1. The van der Waals surface area contributed by atoms with Crippen molar-refractivity contribution in [3.8, 4) is 0 Å². The van der Waals surface area contributed by atoms with Gasteiger partial charge in [0.15, 0.2) is 0 Å². The number of likely N-dealkylation sites (tertiary alicyclic amines) is 1. The summed E-state index contributed by atoms with van der Waals surface area (Å²) in [7, 11) is 0. The number of rotatable bonds is 6. The van der Waals surface area contributed by atoms with Gasteiger partial charge in [-0.25, -0.2) is 9.97 Å². The van der Waals surface area contributed by atoms with E-state index in [-0.39, 0.29) is 5.91 Å². The van der Waals surface area contributed by atoms with Crippen molar-refractivity contribution in [1.82, 2.24) is 20.2 Å². The molecule has 2 aromatic rings. The molecule has 1 atom stereocenters. The van der Waals surface area contributed by atoms with E-state index >= 15 is 0 Å². The molecule has 1 N–H and O–H groups in total. The SMILES string of the molecule is Cc1ccccc1CN1CCCC(c2nc(C)c(CC(=O)NC3CCCCC3)c(C)n2)C1. The Bertz CT molecular complexity index is 912. The molecule has 0 spiro atoms. The summed E-state index contributed by atoms with van der Waals surface area (Å²) in [6.45, 7) is 9.37. The number of hydrogen-bond acceptors (Lipinski definition) is 4. The lowest BCUT2D eigenvalue weighted by molar-refractivity contribution is -0.121. The third kappa shape index (κ3) is 5.74. The number of aryl methyl sites for hydroxylation is 3. The molecule has 172 valence electrons. The van der Waals surface area contributed by atoms with Gasteiger partial charge in [0.1, 0.15) is 5.82 Å². The van der Waals surface area contributed by atoms with E-state index in [1.165, 1.54) is 36.8 Å². The van der Waals surface area contributed by atoms with Crippen molar-refractivity contribution in [3.63, 3.8) is 0 Å². The van der Waals surface area contributed by atoms with Crippen molar-refractivity contribution in [2.75, 3.05) is 13.1 Å². The van der Waals surface area contributed by atoms with Crippen LogP contribution in [0.1, 0.15) is 84.8 Å². The zero-order valence-electron chi connectivity index (χ0n) is 20.0.